The summed E-state index contributed by atoms with van der Waals surface area (Å²) >= 11 is 1.67. The van der Waals surface area contributed by atoms with Crippen molar-refractivity contribution < 1.29 is 9.53 Å². The lowest BCUT2D eigenvalue weighted by Gasteiger charge is -2.25. The van der Waals surface area contributed by atoms with Crippen LogP contribution in [0, 0.1) is 11.3 Å². The van der Waals surface area contributed by atoms with Crippen LogP contribution in [0.4, 0.5) is 0 Å². The van der Waals surface area contributed by atoms with Crippen LogP contribution in [0.5, 0.6) is 5.75 Å². The van der Waals surface area contributed by atoms with E-state index in [9.17, 15) is 4.79 Å². The molecule has 0 aromatic heterocycles. The SMILES string of the molecule is COc1cc(CN(C)C(=O)C2CC23CCNCC3)ccc1SC.Cl. The molecule has 1 atom stereocenters. The molecule has 1 heterocycles. The minimum absolute atomic E-state index is 0. The van der Waals surface area contributed by atoms with Crippen LogP contribution in [0.2, 0.25) is 0 Å². The summed E-state index contributed by atoms with van der Waals surface area (Å²) in [4.78, 5) is 15.7. The maximum atomic E-state index is 12.7. The number of carbonyl (C=O) groups is 1. The molecule has 3 rings (SSSR count). The van der Waals surface area contributed by atoms with Crippen LogP contribution in [0.1, 0.15) is 24.8 Å². The molecule has 1 aromatic rings. The standard InChI is InChI=1S/C18H26N2O2S.ClH/c1-20(12-13-4-5-16(23-3)15(10-13)22-2)17(21)14-11-18(14)6-8-19-9-7-18;/h4-5,10,14,19H,6-9,11-12H2,1-3H3;1H. The molecule has 1 aromatic carbocycles. The molecule has 1 N–H and O–H groups in total. The number of hydrogen-bond acceptors (Lipinski definition) is 4. The van der Waals surface area contributed by atoms with Gasteiger partial charge in [0, 0.05) is 24.4 Å². The van der Waals surface area contributed by atoms with Gasteiger partial charge in [-0.3, -0.25) is 4.79 Å². The second-order valence-electron chi connectivity index (χ2n) is 6.75. The number of nitrogens with one attached hydrogen (secondary N) is 1. The molecule has 6 heteroatoms. The molecule has 4 nitrogen and oxygen atoms in total. The molecule has 1 amide bonds. The number of ether oxygens (including phenoxy) is 1. The molecule has 24 heavy (non-hydrogen) atoms. The molecule has 134 valence electrons. The minimum atomic E-state index is 0. The molecule has 1 saturated heterocycles. The van der Waals surface area contributed by atoms with Crippen LogP contribution in [0.25, 0.3) is 0 Å². The van der Waals surface area contributed by atoms with Crippen LogP contribution in [0.3, 0.4) is 0 Å². The topological polar surface area (TPSA) is 41.6 Å². The van der Waals surface area contributed by atoms with Crippen LogP contribution < -0.4 is 10.1 Å². The average Bonchev–Trinajstić information content (AvgIpc) is 3.27. The Morgan fingerprint density at radius 2 is 2.12 bits per heavy atom. The zero-order valence-electron chi connectivity index (χ0n) is 14.6. The summed E-state index contributed by atoms with van der Waals surface area (Å²) in [5.74, 6) is 1.43. The minimum Gasteiger partial charge on any atom is -0.496 e. The Hall–Kier alpha value is -0.910. The third-order valence-corrected chi connectivity index (χ3v) is 6.11. The fourth-order valence-corrected chi connectivity index (χ4v) is 4.32. The van der Waals surface area contributed by atoms with E-state index in [1.54, 1.807) is 18.9 Å². The second-order valence-corrected chi connectivity index (χ2v) is 7.60. The van der Waals surface area contributed by atoms with Gasteiger partial charge in [-0.2, -0.15) is 0 Å². The quantitative estimate of drug-likeness (QED) is 0.808. The number of carbonyl (C=O) groups excluding carboxylic acids is 1. The third-order valence-electron chi connectivity index (χ3n) is 5.33. The van der Waals surface area contributed by atoms with Gasteiger partial charge in [-0.25, -0.2) is 0 Å². The van der Waals surface area contributed by atoms with Gasteiger partial charge in [-0.15, -0.1) is 24.2 Å². The van der Waals surface area contributed by atoms with Crippen LogP contribution >= 0.6 is 24.2 Å². The fraction of sp³-hybridized carbons (Fsp3) is 0.611. The predicted octanol–water partition coefficient (Wildman–Crippen LogP) is 3.19. The highest BCUT2D eigenvalue weighted by Crippen LogP contribution is 2.59. The van der Waals surface area contributed by atoms with Crippen molar-refractivity contribution in [1.82, 2.24) is 10.2 Å². The molecule has 1 aliphatic carbocycles. The lowest BCUT2D eigenvalue weighted by Crippen LogP contribution is -2.34. The predicted molar refractivity (Wildman–Crippen MR) is 101 cm³/mol. The van der Waals surface area contributed by atoms with Crippen molar-refractivity contribution in [1.29, 1.82) is 0 Å². The Labute approximate surface area is 155 Å². The van der Waals surface area contributed by atoms with E-state index in [4.69, 9.17) is 4.74 Å². The van der Waals surface area contributed by atoms with Crippen LogP contribution in [0.15, 0.2) is 23.1 Å². The summed E-state index contributed by atoms with van der Waals surface area (Å²) < 4.78 is 5.44. The number of piperidine rings is 1. The summed E-state index contributed by atoms with van der Waals surface area (Å²) in [6.45, 7) is 2.76. The van der Waals surface area contributed by atoms with Gasteiger partial charge < -0.3 is 15.0 Å². The fourth-order valence-electron chi connectivity index (χ4n) is 3.77. The Balaban J connectivity index is 0.00000208. The lowest BCUT2D eigenvalue weighted by atomic mass is 9.91. The maximum Gasteiger partial charge on any atom is 0.226 e. The average molecular weight is 371 g/mol. The molecule has 1 spiro atoms. The van der Waals surface area contributed by atoms with E-state index in [0.29, 0.717) is 17.9 Å². The summed E-state index contributed by atoms with van der Waals surface area (Å²) in [6, 6.07) is 6.21. The molecule has 0 radical (unpaired) electrons. The van der Waals surface area contributed by atoms with Crippen molar-refractivity contribution in [2.24, 2.45) is 11.3 Å². The van der Waals surface area contributed by atoms with Gasteiger partial charge in [0.2, 0.25) is 5.91 Å². The Morgan fingerprint density at radius 1 is 1.42 bits per heavy atom. The van der Waals surface area contributed by atoms with Gasteiger partial charge in [-0.1, -0.05) is 6.07 Å². The maximum absolute atomic E-state index is 12.7. The molecule has 2 aliphatic rings. The highest BCUT2D eigenvalue weighted by Gasteiger charge is 2.58. The van der Waals surface area contributed by atoms with Gasteiger partial charge in [0.15, 0.2) is 0 Å². The number of nitrogens with zero attached hydrogens (tertiary/aromatic N) is 1. The summed E-state index contributed by atoms with van der Waals surface area (Å²) in [5, 5.41) is 3.39. The Bertz CT molecular complexity index is 590. The van der Waals surface area contributed by atoms with E-state index < -0.39 is 0 Å². The second kappa shape index (κ2) is 7.98. The van der Waals surface area contributed by atoms with E-state index in [-0.39, 0.29) is 18.3 Å². The first-order chi connectivity index (χ1) is 11.1. The van der Waals surface area contributed by atoms with Crippen molar-refractivity contribution in [3.05, 3.63) is 23.8 Å². The van der Waals surface area contributed by atoms with E-state index >= 15 is 0 Å². The van der Waals surface area contributed by atoms with Gasteiger partial charge in [0.25, 0.3) is 0 Å². The van der Waals surface area contributed by atoms with E-state index in [0.717, 1.165) is 48.6 Å². The Morgan fingerprint density at radius 3 is 2.75 bits per heavy atom. The number of thioether (sulfide) groups is 1. The van der Waals surface area contributed by atoms with Gasteiger partial charge >= 0.3 is 0 Å². The van der Waals surface area contributed by atoms with Gasteiger partial charge in [0.1, 0.15) is 5.75 Å². The number of amides is 1. The number of methoxy groups -OCH3 is 1. The Kier molecular flexibility index (Phi) is 6.46. The zero-order chi connectivity index (χ0) is 16.4. The van der Waals surface area contributed by atoms with Crippen LogP contribution in [-0.2, 0) is 11.3 Å². The van der Waals surface area contributed by atoms with Gasteiger partial charge in [0.05, 0.1) is 7.11 Å². The van der Waals surface area contributed by atoms with Crippen molar-refractivity contribution in [2.45, 2.75) is 30.7 Å². The molecule has 0 bridgehead atoms. The number of hydrogen-bond donors (Lipinski definition) is 1. The number of benzene rings is 1. The largest absolute Gasteiger partial charge is 0.496 e. The third kappa shape index (κ3) is 3.84. The van der Waals surface area contributed by atoms with Crippen molar-refractivity contribution in [3.63, 3.8) is 0 Å². The van der Waals surface area contributed by atoms with E-state index in [1.807, 2.05) is 24.3 Å². The zero-order valence-corrected chi connectivity index (χ0v) is 16.3. The van der Waals surface area contributed by atoms with Gasteiger partial charge in [-0.05, 0) is 61.7 Å². The first-order valence-electron chi connectivity index (χ1n) is 8.26. The van der Waals surface area contributed by atoms with Crippen molar-refractivity contribution in [3.8, 4) is 5.75 Å². The first-order valence-corrected chi connectivity index (χ1v) is 9.49. The van der Waals surface area contributed by atoms with E-state index in [1.165, 1.54) is 0 Å². The summed E-state index contributed by atoms with van der Waals surface area (Å²) in [5.41, 5.74) is 1.42. The molecule has 1 unspecified atom stereocenters. The molecule has 1 saturated carbocycles. The molecule has 2 fully saturated rings. The van der Waals surface area contributed by atoms with E-state index in [2.05, 4.69) is 17.4 Å². The number of halogens is 1. The van der Waals surface area contributed by atoms with Crippen molar-refractivity contribution >= 4 is 30.1 Å². The first kappa shape index (κ1) is 19.4. The van der Waals surface area contributed by atoms with Crippen molar-refractivity contribution in [2.75, 3.05) is 33.5 Å². The highest BCUT2D eigenvalue weighted by atomic mass is 35.5. The number of rotatable bonds is 5. The highest BCUT2D eigenvalue weighted by molar-refractivity contribution is 7.98. The summed E-state index contributed by atoms with van der Waals surface area (Å²) in [7, 11) is 3.61. The molecule has 1 aliphatic heterocycles. The molecular formula is C18H27ClN2O2S. The smallest absolute Gasteiger partial charge is 0.226 e. The monoisotopic (exact) mass is 370 g/mol. The van der Waals surface area contributed by atoms with Crippen LogP contribution in [-0.4, -0.2) is 44.3 Å². The normalized spacial score (nSPS) is 21.0. The summed E-state index contributed by atoms with van der Waals surface area (Å²) in [6.07, 6.45) is 5.41. The molecular weight excluding hydrogens is 344 g/mol. The lowest BCUT2D eigenvalue weighted by molar-refractivity contribution is -0.132.